The first-order valence-corrected chi connectivity index (χ1v) is 10.1. The third kappa shape index (κ3) is 6.52. The fourth-order valence-electron chi connectivity index (χ4n) is 2.91. The standard InChI is InChI=1S/C20H28ClN5O3/c1-19(2,3)29-18(27)26-9-6-15(7-10-26)28-17-11-16(22-13-23-17)25-14-5-8-20(4,21)24-12-14/h5,8,11-13,15,24H,6-7,9-10H2,1-4H3,(H,22,23,25). The van der Waals surface area contributed by atoms with E-state index < -0.39 is 10.6 Å². The molecule has 158 valence electrons. The highest BCUT2D eigenvalue weighted by Gasteiger charge is 2.28. The Balaban J connectivity index is 1.51. The number of nitrogens with one attached hydrogen (secondary N) is 2. The number of piperidine rings is 1. The molecule has 2 aliphatic rings. The van der Waals surface area contributed by atoms with Crippen molar-refractivity contribution in [2.24, 2.45) is 0 Å². The fraction of sp³-hybridized carbons (Fsp3) is 0.550. The molecule has 3 rings (SSSR count). The molecule has 1 aromatic heterocycles. The van der Waals surface area contributed by atoms with Gasteiger partial charge >= 0.3 is 6.09 Å². The van der Waals surface area contributed by atoms with Gasteiger partial charge in [-0.1, -0.05) is 11.6 Å². The van der Waals surface area contributed by atoms with Crippen molar-refractivity contribution >= 4 is 23.5 Å². The molecular formula is C20H28ClN5O3. The van der Waals surface area contributed by atoms with Gasteiger partial charge in [-0.15, -0.1) is 0 Å². The monoisotopic (exact) mass is 421 g/mol. The third-order valence-corrected chi connectivity index (χ3v) is 4.62. The van der Waals surface area contributed by atoms with Gasteiger partial charge in [0.15, 0.2) is 0 Å². The lowest BCUT2D eigenvalue weighted by Crippen LogP contribution is -2.44. The minimum Gasteiger partial charge on any atom is -0.474 e. The number of ether oxygens (including phenoxy) is 2. The maximum absolute atomic E-state index is 12.2. The first-order valence-electron chi connectivity index (χ1n) is 9.69. The van der Waals surface area contributed by atoms with Crippen molar-refractivity contribution in [1.82, 2.24) is 20.2 Å². The van der Waals surface area contributed by atoms with E-state index in [4.69, 9.17) is 21.1 Å². The minimum absolute atomic E-state index is 0.0103. The summed E-state index contributed by atoms with van der Waals surface area (Å²) in [6.45, 7) is 8.65. The molecule has 0 bridgehead atoms. The molecule has 2 N–H and O–H groups in total. The first-order chi connectivity index (χ1) is 13.6. The number of alkyl halides is 1. The van der Waals surface area contributed by atoms with Crippen molar-refractivity contribution in [3.63, 3.8) is 0 Å². The Kier molecular flexibility index (Phi) is 6.21. The molecule has 8 nitrogen and oxygen atoms in total. The van der Waals surface area contributed by atoms with Crippen LogP contribution in [-0.4, -0.2) is 50.8 Å². The normalized spacial score (nSPS) is 22.5. The maximum atomic E-state index is 12.2. The summed E-state index contributed by atoms with van der Waals surface area (Å²) in [5, 5.41) is 6.27. The van der Waals surface area contributed by atoms with Crippen LogP contribution in [0.2, 0.25) is 0 Å². The molecule has 0 saturated carbocycles. The van der Waals surface area contributed by atoms with E-state index in [2.05, 4.69) is 20.6 Å². The maximum Gasteiger partial charge on any atom is 0.410 e. The molecule has 1 unspecified atom stereocenters. The Morgan fingerprint density at radius 1 is 1.34 bits per heavy atom. The molecular weight excluding hydrogens is 394 g/mol. The predicted molar refractivity (Wildman–Crippen MR) is 112 cm³/mol. The van der Waals surface area contributed by atoms with Gasteiger partial charge in [-0.3, -0.25) is 0 Å². The number of hydrogen-bond acceptors (Lipinski definition) is 7. The van der Waals surface area contributed by atoms with Gasteiger partial charge in [0.2, 0.25) is 5.88 Å². The van der Waals surface area contributed by atoms with Crippen LogP contribution in [0.25, 0.3) is 0 Å². The molecule has 1 saturated heterocycles. The number of aromatic nitrogens is 2. The van der Waals surface area contributed by atoms with Crippen molar-refractivity contribution in [2.45, 2.75) is 57.2 Å². The van der Waals surface area contributed by atoms with E-state index in [9.17, 15) is 4.79 Å². The van der Waals surface area contributed by atoms with Gasteiger partial charge in [-0.2, -0.15) is 0 Å². The van der Waals surface area contributed by atoms with Crippen LogP contribution in [0.1, 0.15) is 40.5 Å². The molecule has 1 fully saturated rings. The van der Waals surface area contributed by atoms with Crippen LogP contribution >= 0.6 is 11.6 Å². The predicted octanol–water partition coefficient (Wildman–Crippen LogP) is 3.62. The summed E-state index contributed by atoms with van der Waals surface area (Å²) in [5.41, 5.74) is 0.341. The zero-order chi connectivity index (χ0) is 21.1. The van der Waals surface area contributed by atoms with Crippen LogP contribution < -0.4 is 15.4 Å². The number of allylic oxidation sites excluding steroid dienone is 1. The Morgan fingerprint density at radius 2 is 2.07 bits per heavy atom. The van der Waals surface area contributed by atoms with E-state index >= 15 is 0 Å². The number of anilines is 1. The van der Waals surface area contributed by atoms with E-state index in [1.165, 1.54) is 6.33 Å². The molecule has 29 heavy (non-hydrogen) atoms. The summed E-state index contributed by atoms with van der Waals surface area (Å²) in [6, 6.07) is 1.75. The average Bonchev–Trinajstić information content (AvgIpc) is 2.63. The molecule has 0 radical (unpaired) electrons. The van der Waals surface area contributed by atoms with E-state index in [0.29, 0.717) is 24.8 Å². The second-order valence-electron chi connectivity index (χ2n) is 8.30. The average molecular weight is 422 g/mol. The second kappa shape index (κ2) is 8.49. The summed E-state index contributed by atoms with van der Waals surface area (Å²) in [7, 11) is 0. The lowest BCUT2D eigenvalue weighted by molar-refractivity contribution is 0.0123. The van der Waals surface area contributed by atoms with E-state index in [1.54, 1.807) is 17.2 Å². The van der Waals surface area contributed by atoms with Gasteiger partial charge in [0.25, 0.3) is 0 Å². The SMILES string of the molecule is CC1(Cl)C=CC(Nc2cc(OC3CCN(C(=O)OC(C)(C)C)CC3)ncn2)=CN1. The van der Waals surface area contributed by atoms with Crippen LogP contribution in [0.4, 0.5) is 10.6 Å². The number of carbonyl (C=O) groups is 1. The number of hydrogen-bond donors (Lipinski definition) is 2. The lowest BCUT2D eigenvalue weighted by Gasteiger charge is -2.33. The van der Waals surface area contributed by atoms with E-state index in [-0.39, 0.29) is 12.2 Å². The molecule has 0 aromatic carbocycles. The van der Waals surface area contributed by atoms with Crippen LogP contribution in [0.5, 0.6) is 5.88 Å². The zero-order valence-corrected chi connectivity index (χ0v) is 18.0. The summed E-state index contributed by atoms with van der Waals surface area (Å²) >= 11 is 6.19. The molecule has 3 heterocycles. The summed E-state index contributed by atoms with van der Waals surface area (Å²) in [5.74, 6) is 1.12. The van der Waals surface area contributed by atoms with Gasteiger partial charge in [0.05, 0.1) is 5.70 Å². The van der Waals surface area contributed by atoms with Crippen LogP contribution in [0, 0.1) is 0 Å². The number of amides is 1. The molecule has 0 spiro atoms. The molecule has 1 amide bonds. The zero-order valence-electron chi connectivity index (χ0n) is 17.2. The van der Waals surface area contributed by atoms with Crippen molar-refractivity contribution < 1.29 is 14.3 Å². The Labute approximate surface area is 176 Å². The van der Waals surface area contributed by atoms with Crippen molar-refractivity contribution in [1.29, 1.82) is 0 Å². The Hall–Kier alpha value is -2.48. The van der Waals surface area contributed by atoms with Gasteiger partial charge in [0.1, 0.15) is 28.8 Å². The number of rotatable bonds is 4. The van der Waals surface area contributed by atoms with Crippen LogP contribution in [-0.2, 0) is 4.74 Å². The molecule has 2 aliphatic heterocycles. The smallest absolute Gasteiger partial charge is 0.410 e. The lowest BCUT2D eigenvalue weighted by atomic mass is 10.1. The third-order valence-electron chi connectivity index (χ3n) is 4.38. The Bertz CT molecular complexity index is 796. The van der Waals surface area contributed by atoms with Crippen molar-refractivity contribution in [2.75, 3.05) is 18.4 Å². The fourth-order valence-corrected chi connectivity index (χ4v) is 3.03. The van der Waals surface area contributed by atoms with Crippen LogP contribution in [0.15, 0.2) is 36.4 Å². The number of halogens is 1. The topological polar surface area (TPSA) is 88.6 Å². The number of likely N-dealkylation sites (tertiary alicyclic amines) is 1. The number of carbonyl (C=O) groups excluding carboxylic acids is 1. The van der Waals surface area contributed by atoms with Gasteiger partial charge in [-0.25, -0.2) is 14.8 Å². The molecule has 1 atom stereocenters. The molecule has 9 heteroatoms. The molecule has 0 aliphatic carbocycles. The van der Waals surface area contributed by atoms with E-state index in [1.807, 2.05) is 39.8 Å². The minimum atomic E-state index is -0.584. The summed E-state index contributed by atoms with van der Waals surface area (Å²) < 4.78 is 11.4. The van der Waals surface area contributed by atoms with Crippen LogP contribution in [0.3, 0.4) is 0 Å². The van der Waals surface area contributed by atoms with Gasteiger partial charge in [-0.05, 0) is 39.8 Å². The van der Waals surface area contributed by atoms with E-state index in [0.717, 1.165) is 18.5 Å². The van der Waals surface area contributed by atoms with Crippen molar-refractivity contribution in [3.8, 4) is 5.88 Å². The highest BCUT2D eigenvalue weighted by atomic mass is 35.5. The number of nitrogens with zero attached hydrogens (tertiary/aromatic N) is 3. The Morgan fingerprint density at radius 3 is 2.69 bits per heavy atom. The summed E-state index contributed by atoms with van der Waals surface area (Å²) in [6.07, 6.45) is 8.15. The highest BCUT2D eigenvalue weighted by molar-refractivity contribution is 6.24. The summed E-state index contributed by atoms with van der Waals surface area (Å²) in [4.78, 5) is 21.7. The highest BCUT2D eigenvalue weighted by Crippen LogP contribution is 2.22. The van der Waals surface area contributed by atoms with Crippen molar-refractivity contribution in [3.05, 3.63) is 36.4 Å². The molecule has 1 aromatic rings. The second-order valence-corrected chi connectivity index (χ2v) is 9.09. The largest absolute Gasteiger partial charge is 0.474 e. The van der Waals surface area contributed by atoms with Gasteiger partial charge in [0, 0.05) is 38.2 Å². The first kappa shape index (κ1) is 21.2. The number of dihydropyridines is 1. The van der Waals surface area contributed by atoms with Gasteiger partial charge < -0.3 is 25.0 Å². The quantitative estimate of drug-likeness (QED) is 0.566.